The average molecular weight is 375 g/mol. The lowest BCUT2D eigenvalue weighted by Crippen LogP contribution is -2.36. The number of Topliss-reactive ketones (excluding diaryl/α,β-unsaturated/α-hetero) is 1. The van der Waals surface area contributed by atoms with Crippen LogP contribution < -0.4 is 0 Å². The zero-order valence-electron chi connectivity index (χ0n) is 15.6. The molecular weight excluding hydrogens is 354 g/mol. The maximum absolute atomic E-state index is 13.0. The van der Waals surface area contributed by atoms with Gasteiger partial charge in [0.2, 0.25) is 0 Å². The summed E-state index contributed by atoms with van der Waals surface area (Å²) < 4.78 is 0. The van der Waals surface area contributed by atoms with E-state index in [1.54, 1.807) is 29.2 Å². The van der Waals surface area contributed by atoms with Gasteiger partial charge in [-0.15, -0.1) is 0 Å². The first-order chi connectivity index (χ1) is 13.6. The number of hydrogen-bond acceptors (Lipinski definition) is 4. The Morgan fingerprint density at radius 3 is 2.68 bits per heavy atom. The number of amides is 1. The number of nitrogens with one attached hydrogen (secondary N) is 1. The summed E-state index contributed by atoms with van der Waals surface area (Å²) in [6, 6.07) is 14.5. The van der Waals surface area contributed by atoms with Crippen LogP contribution in [0, 0.1) is 0 Å². The van der Waals surface area contributed by atoms with Gasteiger partial charge in [-0.25, -0.2) is 4.98 Å². The van der Waals surface area contributed by atoms with E-state index in [0.29, 0.717) is 30.6 Å². The Balaban J connectivity index is 1.60. The molecule has 2 aromatic carbocycles. The summed E-state index contributed by atoms with van der Waals surface area (Å²) in [6.45, 7) is 2.43. The molecule has 0 aliphatic carbocycles. The molecule has 0 saturated heterocycles. The first-order valence-corrected chi connectivity index (χ1v) is 9.24. The SMILES string of the molecule is CC(=O)c1ccccc1C(=O)N1CCc2nc(-c3cccc(CO)c3)[nH]c2C1. The zero-order valence-corrected chi connectivity index (χ0v) is 15.6. The third-order valence-corrected chi connectivity index (χ3v) is 5.04. The summed E-state index contributed by atoms with van der Waals surface area (Å²) in [5.41, 5.74) is 4.47. The van der Waals surface area contributed by atoms with Crippen LogP contribution in [0.15, 0.2) is 48.5 Å². The number of ketones is 1. The number of carbonyl (C=O) groups excluding carboxylic acids is 2. The lowest BCUT2D eigenvalue weighted by atomic mass is 10.0. The van der Waals surface area contributed by atoms with Gasteiger partial charge < -0.3 is 15.0 Å². The largest absolute Gasteiger partial charge is 0.392 e. The van der Waals surface area contributed by atoms with Crippen LogP contribution in [0.25, 0.3) is 11.4 Å². The third kappa shape index (κ3) is 3.34. The van der Waals surface area contributed by atoms with E-state index in [4.69, 9.17) is 0 Å². The summed E-state index contributed by atoms with van der Waals surface area (Å²) in [4.78, 5) is 34.6. The molecule has 28 heavy (non-hydrogen) atoms. The lowest BCUT2D eigenvalue weighted by Gasteiger charge is -2.26. The van der Waals surface area contributed by atoms with Gasteiger partial charge in [-0.2, -0.15) is 0 Å². The van der Waals surface area contributed by atoms with Crippen LogP contribution in [0.3, 0.4) is 0 Å². The van der Waals surface area contributed by atoms with Gasteiger partial charge in [-0.05, 0) is 24.6 Å². The van der Waals surface area contributed by atoms with Crippen molar-refractivity contribution in [3.8, 4) is 11.4 Å². The highest BCUT2D eigenvalue weighted by Gasteiger charge is 2.26. The van der Waals surface area contributed by atoms with E-state index in [-0.39, 0.29) is 18.3 Å². The van der Waals surface area contributed by atoms with Gasteiger partial charge in [0, 0.05) is 24.1 Å². The van der Waals surface area contributed by atoms with Crippen molar-refractivity contribution in [2.45, 2.75) is 26.5 Å². The number of aromatic amines is 1. The molecule has 2 heterocycles. The summed E-state index contributed by atoms with van der Waals surface area (Å²) in [6.07, 6.45) is 0.652. The number of nitrogens with zero attached hydrogens (tertiary/aromatic N) is 2. The molecule has 142 valence electrons. The Morgan fingerprint density at radius 1 is 1.14 bits per heavy atom. The molecule has 0 spiro atoms. The second-order valence-electron chi connectivity index (χ2n) is 6.95. The number of fused-ring (bicyclic) bond motifs is 1. The van der Waals surface area contributed by atoms with E-state index in [2.05, 4.69) is 9.97 Å². The number of imidazole rings is 1. The van der Waals surface area contributed by atoms with Crippen molar-refractivity contribution >= 4 is 11.7 Å². The molecular formula is C22H21N3O3. The maximum Gasteiger partial charge on any atom is 0.254 e. The van der Waals surface area contributed by atoms with Gasteiger partial charge in [0.25, 0.3) is 5.91 Å². The molecule has 0 fully saturated rings. The molecule has 1 amide bonds. The van der Waals surface area contributed by atoms with Crippen LogP contribution in [0.5, 0.6) is 0 Å². The minimum atomic E-state index is -0.144. The topological polar surface area (TPSA) is 86.3 Å². The highest BCUT2D eigenvalue weighted by molar-refractivity contribution is 6.07. The van der Waals surface area contributed by atoms with Gasteiger partial charge in [0.05, 0.1) is 30.1 Å². The van der Waals surface area contributed by atoms with Crippen molar-refractivity contribution < 1.29 is 14.7 Å². The van der Waals surface area contributed by atoms with Crippen LogP contribution in [0.1, 0.15) is 44.6 Å². The second kappa shape index (κ2) is 7.40. The van der Waals surface area contributed by atoms with E-state index >= 15 is 0 Å². The summed E-state index contributed by atoms with van der Waals surface area (Å²) >= 11 is 0. The van der Waals surface area contributed by atoms with Crippen molar-refractivity contribution in [3.05, 3.63) is 76.6 Å². The average Bonchev–Trinajstić information content (AvgIpc) is 3.16. The van der Waals surface area contributed by atoms with E-state index in [0.717, 1.165) is 28.3 Å². The van der Waals surface area contributed by atoms with Crippen LogP contribution in [-0.4, -0.2) is 38.2 Å². The normalized spacial score (nSPS) is 13.3. The Hall–Kier alpha value is -3.25. The first kappa shape index (κ1) is 18.1. The fraction of sp³-hybridized carbons (Fsp3) is 0.227. The van der Waals surface area contributed by atoms with E-state index < -0.39 is 0 Å². The fourth-order valence-corrected chi connectivity index (χ4v) is 3.57. The van der Waals surface area contributed by atoms with Crippen molar-refractivity contribution in [2.24, 2.45) is 0 Å². The molecule has 4 rings (SSSR count). The minimum Gasteiger partial charge on any atom is -0.392 e. The number of aromatic nitrogens is 2. The Morgan fingerprint density at radius 2 is 1.93 bits per heavy atom. The predicted octanol–water partition coefficient (Wildman–Crippen LogP) is 2.97. The molecule has 1 aliphatic rings. The summed E-state index contributed by atoms with van der Waals surface area (Å²) in [5, 5.41) is 9.34. The van der Waals surface area contributed by atoms with Gasteiger partial charge in [-0.3, -0.25) is 9.59 Å². The number of benzene rings is 2. The van der Waals surface area contributed by atoms with E-state index in [9.17, 15) is 14.7 Å². The quantitative estimate of drug-likeness (QED) is 0.687. The molecule has 0 bridgehead atoms. The van der Waals surface area contributed by atoms with E-state index in [1.807, 2.05) is 24.3 Å². The number of aliphatic hydroxyl groups excluding tert-OH is 1. The van der Waals surface area contributed by atoms with Crippen molar-refractivity contribution in [3.63, 3.8) is 0 Å². The highest BCUT2D eigenvalue weighted by atomic mass is 16.3. The Bertz CT molecular complexity index is 1050. The molecule has 0 saturated carbocycles. The molecule has 0 unspecified atom stereocenters. The number of aliphatic hydroxyl groups is 1. The highest BCUT2D eigenvalue weighted by Crippen LogP contribution is 2.25. The lowest BCUT2D eigenvalue weighted by molar-refractivity contribution is 0.0727. The molecule has 0 radical (unpaired) electrons. The Labute approximate surface area is 162 Å². The molecule has 6 heteroatoms. The van der Waals surface area contributed by atoms with E-state index in [1.165, 1.54) is 6.92 Å². The fourth-order valence-electron chi connectivity index (χ4n) is 3.57. The number of hydrogen-bond donors (Lipinski definition) is 2. The number of rotatable bonds is 4. The van der Waals surface area contributed by atoms with Crippen LogP contribution >= 0.6 is 0 Å². The smallest absolute Gasteiger partial charge is 0.254 e. The molecule has 0 atom stereocenters. The standard InChI is InChI=1S/C22H21N3O3/c1-14(27)17-7-2-3-8-18(17)22(28)25-10-9-19-20(12-25)24-21(23-19)16-6-4-5-15(11-16)13-26/h2-8,11,26H,9-10,12-13H2,1H3,(H,23,24). The monoisotopic (exact) mass is 375 g/mol. The summed E-state index contributed by atoms with van der Waals surface area (Å²) in [5.74, 6) is 0.475. The van der Waals surface area contributed by atoms with Gasteiger partial charge in [0.15, 0.2) is 5.78 Å². The molecule has 2 N–H and O–H groups in total. The van der Waals surface area contributed by atoms with Crippen molar-refractivity contribution in [1.82, 2.24) is 14.9 Å². The van der Waals surface area contributed by atoms with Crippen molar-refractivity contribution in [2.75, 3.05) is 6.54 Å². The molecule has 3 aromatic rings. The van der Waals surface area contributed by atoms with Crippen LogP contribution in [-0.2, 0) is 19.6 Å². The second-order valence-corrected chi connectivity index (χ2v) is 6.95. The maximum atomic E-state index is 13.0. The number of H-pyrrole nitrogens is 1. The Kier molecular flexibility index (Phi) is 4.79. The molecule has 1 aliphatic heterocycles. The van der Waals surface area contributed by atoms with Gasteiger partial charge in [-0.1, -0.05) is 36.4 Å². The third-order valence-electron chi connectivity index (χ3n) is 5.04. The molecule has 1 aromatic heterocycles. The van der Waals surface area contributed by atoms with Crippen LogP contribution in [0.2, 0.25) is 0 Å². The van der Waals surface area contributed by atoms with Crippen LogP contribution in [0.4, 0.5) is 0 Å². The van der Waals surface area contributed by atoms with Crippen molar-refractivity contribution in [1.29, 1.82) is 0 Å². The first-order valence-electron chi connectivity index (χ1n) is 9.24. The zero-order chi connectivity index (χ0) is 19.7. The summed E-state index contributed by atoms with van der Waals surface area (Å²) in [7, 11) is 0. The van der Waals surface area contributed by atoms with Gasteiger partial charge in [0.1, 0.15) is 5.82 Å². The predicted molar refractivity (Wildman–Crippen MR) is 105 cm³/mol. The number of carbonyl (C=O) groups is 2. The minimum absolute atomic E-state index is 0.0217. The van der Waals surface area contributed by atoms with Gasteiger partial charge >= 0.3 is 0 Å². The molecule has 6 nitrogen and oxygen atoms in total.